The van der Waals surface area contributed by atoms with Gasteiger partial charge in [-0.3, -0.25) is 0 Å². The molecule has 1 aliphatic carbocycles. The van der Waals surface area contributed by atoms with Crippen LogP contribution in [0, 0.1) is 5.92 Å². The second-order valence-corrected chi connectivity index (χ2v) is 6.44. The minimum absolute atomic E-state index is 0.175. The van der Waals surface area contributed by atoms with Crippen LogP contribution in [0.15, 0.2) is 18.2 Å². The molecular weight excluding hydrogens is 281 g/mol. The van der Waals surface area contributed by atoms with E-state index in [2.05, 4.69) is 18.3 Å². The topological polar surface area (TPSA) is 21.3 Å². The van der Waals surface area contributed by atoms with Gasteiger partial charge in [-0.2, -0.15) is 0 Å². The van der Waals surface area contributed by atoms with Crippen molar-refractivity contribution in [3.63, 3.8) is 0 Å². The highest BCUT2D eigenvalue weighted by atomic mass is 35.5. The largest absolute Gasteiger partial charge is 0.378 e. The molecular formula is C15H19Cl2NO. The Morgan fingerprint density at radius 3 is 2.95 bits per heavy atom. The average Bonchev–Trinajstić information content (AvgIpc) is 2.90. The fourth-order valence-corrected chi connectivity index (χ4v) is 4.09. The van der Waals surface area contributed by atoms with E-state index in [-0.39, 0.29) is 5.41 Å². The van der Waals surface area contributed by atoms with Crippen LogP contribution < -0.4 is 5.32 Å². The van der Waals surface area contributed by atoms with Gasteiger partial charge < -0.3 is 10.1 Å². The molecule has 1 saturated carbocycles. The monoisotopic (exact) mass is 299 g/mol. The Morgan fingerprint density at radius 1 is 1.37 bits per heavy atom. The molecule has 1 heterocycles. The van der Waals surface area contributed by atoms with Crippen molar-refractivity contribution in [3.05, 3.63) is 33.8 Å². The number of hydrogen-bond donors (Lipinski definition) is 1. The van der Waals surface area contributed by atoms with Crippen molar-refractivity contribution in [2.45, 2.75) is 31.3 Å². The molecule has 19 heavy (non-hydrogen) atoms. The lowest BCUT2D eigenvalue weighted by molar-refractivity contribution is 0.0613. The Hall–Kier alpha value is -0.280. The van der Waals surface area contributed by atoms with Crippen molar-refractivity contribution in [1.82, 2.24) is 5.32 Å². The first-order valence-electron chi connectivity index (χ1n) is 6.93. The first-order valence-corrected chi connectivity index (χ1v) is 7.69. The minimum Gasteiger partial charge on any atom is -0.378 e. The third-order valence-corrected chi connectivity index (χ3v) is 5.39. The van der Waals surface area contributed by atoms with Crippen molar-refractivity contribution in [2.75, 3.05) is 19.7 Å². The van der Waals surface area contributed by atoms with Crippen molar-refractivity contribution in [2.24, 2.45) is 5.92 Å². The maximum atomic E-state index is 6.19. The Labute approximate surface area is 124 Å². The summed E-state index contributed by atoms with van der Waals surface area (Å²) in [5.41, 5.74) is 1.48. The van der Waals surface area contributed by atoms with Gasteiger partial charge in [-0.25, -0.2) is 0 Å². The Morgan fingerprint density at radius 2 is 2.21 bits per heavy atom. The standard InChI is InChI=1S/C15H19Cl2NO/c1-2-19-12-5-11-8-18-9-15(11,7-12)10-3-4-13(16)14(17)6-10/h3-4,6,11-12,18H,2,5,7-9H2,1H3/t11?,12-,15+/m0/s1. The van der Waals surface area contributed by atoms with Crippen LogP contribution in [0.3, 0.4) is 0 Å². The zero-order valence-corrected chi connectivity index (χ0v) is 12.6. The molecule has 0 spiro atoms. The van der Waals surface area contributed by atoms with Gasteiger partial charge in [-0.05, 0) is 49.9 Å². The lowest BCUT2D eigenvalue weighted by Crippen LogP contribution is -2.31. The SMILES string of the molecule is CCO[C@H]1CC2CNC[C@@]2(c2ccc(Cl)c(Cl)c2)C1. The number of hydrogen-bond acceptors (Lipinski definition) is 2. The zero-order chi connectivity index (χ0) is 13.5. The summed E-state index contributed by atoms with van der Waals surface area (Å²) in [5.74, 6) is 0.640. The molecule has 0 radical (unpaired) electrons. The molecule has 1 aromatic carbocycles. The van der Waals surface area contributed by atoms with E-state index in [1.807, 2.05) is 12.1 Å². The van der Waals surface area contributed by atoms with E-state index < -0.39 is 0 Å². The van der Waals surface area contributed by atoms with E-state index in [4.69, 9.17) is 27.9 Å². The molecule has 4 heteroatoms. The van der Waals surface area contributed by atoms with E-state index in [0.717, 1.165) is 32.5 Å². The second kappa shape index (κ2) is 5.25. The number of halogens is 2. The molecule has 2 nitrogen and oxygen atoms in total. The molecule has 3 rings (SSSR count). The first kappa shape index (κ1) is 13.7. The maximum Gasteiger partial charge on any atom is 0.0595 e. The maximum absolute atomic E-state index is 6.19. The highest BCUT2D eigenvalue weighted by Crippen LogP contribution is 2.49. The summed E-state index contributed by atoms with van der Waals surface area (Å²) in [6.07, 6.45) is 2.60. The fourth-order valence-electron chi connectivity index (χ4n) is 3.79. The number of fused-ring (bicyclic) bond motifs is 1. The van der Waals surface area contributed by atoms with E-state index in [9.17, 15) is 0 Å². The highest BCUT2D eigenvalue weighted by molar-refractivity contribution is 6.42. The summed E-state index contributed by atoms with van der Waals surface area (Å²) in [7, 11) is 0. The Kier molecular flexibility index (Phi) is 3.78. The molecule has 3 atom stereocenters. The Balaban J connectivity index is 1.93. The van der Waals surface area contributed by atoms with Crippen LogP contribution in [0.1, 0.15) is 25.3 Å². The van der Waals surface area contributed by atoms with Crippen LogP contribution in [0.4, 0.5) is 0 Å². The van der Waals surface area contributed by atoms with Crippen LogP contribution in [0.5, 0.6) is 0 Å². The van der Waals surface area contributed by atoms with Gasteiger partial charge >= 0.3 is 0 Å². The van der Waals surface area contributed by atoms with Crippen LogP contribution in [-0.4, -0.2) is 25.8 Å². The van der Waals surface area contributed by atoms with Gasteiger partial charge in [-0.1, -0.05) is 29.3 Å². The lowest BCUT2D eigenvalue weighted by Gasteiger charge is -2.29. The summed E-state index contributed by atoms with van der Waals surface area (Å²) >= 11 is 12.2. The predicted octanol–water partition coefficient (Wildman–Crippen LogP) is 3.65. The van der Waals surface area contributed by atoms with Crippen molar-refractivity contribution in [3.8, 4) is 0 Å². The van der Waals surface area contributed by atoms with Crippen molar-refractivity contribution >= 4 is 23.2 Å². The van der Waals surface area contributed by atoms with E-state index in [1.54, 1.807) is 0 Å². The summed E-state index contributed by atoms with van der Waals surface area (Å²) in [6, 6.07) is 6.08. The number of rotatable bonds is 3. The molecule has 0 amide bonds. The van der Waals surface area contributed by atoms with Crippen LogP contribution >= 0.6 is 23.2 Å². The van der Waals surface area contributed by atoms with Gasteiger partial charge in [0.2, 0.25) is 0 Å². The van der Waals surface area contributed by atoms with Gasteiger partial charge in [0.05, 0.1) is 16.1 Å². The van der Waals surface area contributed by atoms with Crippen molar-refractivity contribution in [1.29, 1.82) is 0 Å². The third kappa shape index (κ3) is 2.29. The van der Waals surface area contributed by atoms with Gasteiger partial charge in [0, 0.05) is 18.6 Å². The van der Waals surface area contributed by atoms with E-state index in [1.165, 1.54) is 5.56 Å². The third-order valence-electron chi connectivity index (χ3n) is 4.65. The van der Waals surface area contributed by atoms with Crippen LogP contribution in [-0.2, 0) is 10.2 Å². The van der Waals surface area contributed by atoms with E-state index >= 15 is 0 Å². The highest BCUT2D eigenvalue weighted by Gasteiger charge is 2.51. The first-order chi connectivity index (χ1) is 9.15. The molecule has 0 bridgehead atoms. The van der Waals surface area contributed by atoms with Gasteiger partial charge in [-0.15, -0.1) is 0 Å². The lowest BCUT2D eigenvalue weighted by atomic mass is 9.74. The Bertz CT molecular complexity index is 479. The average molecular weight is 300 g/mol. The number of benzene rings is 1. The normalized spacial score (nSPS) is 33.6. The summed E-state index contributed by atoms with van der Waals surface area (Å²) in [4.78, 5) is 0. The molecule has 104 valence electrons. The van der Waals surface area contributed by atoms with E-state index in [0.29, 0.717) is 22.1 Å². The molecule has 2 fully saturated rings. The van der Waals surface area contributed by atoms with Crippen LogP contribution in [0.2, 0.25) is 10.0 Å². The van der Waals surface area contributed by atoms with Gasteiger partial charge in [0.1, 0.15) is 0 Å². The predicted molar refractivity (Wildman–Crippen MR) is 79.1 cm³/mol. The number of ether oxygens (including phenoxy) is 1. The number of nitrogens with one attached hydrogen (secondary N) is 1. The summed E-state index contributed by atoms with van der Waals surface area (Å²) in [5, 5.41) is 4.81. The minimum atomic E-state index is 0.175. The molecule has 1 aromatic rings. The van der Waals surface area contributed by atoms with Gasteiger partial charge in [0.15, 0.2) is 0 Å². The molecule has 1 unspecified atom stereocenters. The smallest absolute Gasteiger partial charge is 0.0595 e. The summed E-state index contributed by atoms with van der Waals surface area (Å²) in [6.45, 7) is 4.95. The second-order valence-electron chi connectivity index (χ2n) is 5.63. The molecule has 1 N–H and O–H groups in total. The molecule has 0 aromatic heterocycles. The molecule has 1 saturated heterocycles. The molecule has 1 aliphatic heterocycles. The quantitative estimate of drug-likeness (QED) is 0.920. The zero-order valence-electron chi connectivity index (χ0n) is 11.1. The van der Waals surface area contributed by atoms with Gasteiger partial charge in [0.25, 0.3) is 0 Å². The van der Waals surface area contributed by atoms with Crippen LogP contribution in [0.25, 0.3) is 0 Å². The fraction of sp³-hybridized carbons (Fsp3) is 0.600. The molecule has 2 aliphatic rings. The summed E-state index contributed by atoms with van der Waals surface area (Å²) < 4.78 is 5.85. The van der Waals surface area contributed by atoms with Crippen molar-refractivity contribution < 1.29 is 4.74 Å².